The lowest BCUT2D eigenvalue weighted by molar-refractivity contribution is -0.137. The molecule has 1 unspecified atom stereocenters. The maximum absolute atomic E-state index is 13.0. The number of benzene rings is 2. The molecule has 0 aliphatic carbocycles. The van der Waals surface area contributed by atoms with Crippen LogP contribution in [0.2, 0.25) is 0 Å². The molecule has 1 amide bonds. The summed E-state index contributed by atoms with van der Waals surface area (Å²) in [6.45, 7) is 2.79. The summed E-state index contributed by atoms with van der Waals surface area (Å²) in [4.78, 5) is 23.7. The van der Waals surface area contributed by atoms with Crippen LogP contribution in [0.5, 0.6) is 11.5 Å². The van der Waals surface area contributed by atoms with Crippen molar-refractivity contribution in [2.45, 2.75) is 26.1 Å². The summed E-state index contributed by atoms with van der Waals surface area (Å²) in [7, 11) is 1.37. The van der Waals surface area contributed by atoms with Gasteiger partial charge in [-0.25, -0.2) is 0 Å². The molecule has 0 radical (unpaired) electrons. The number of alkyl halides is 3. The van der Waals surface area contributed by atoms with Gasteiger partial charge in [-0.1, -0.05) is 12.1 Å². The van der Waals surface area contributed by atoms with Crippen LogP contribution >= 0.6 is 0 Å². The molecule has 144 valence electrons. The number of para-hydroxylation sites is 1. The second-order valence-corrected chi connectivity index (χ2v) is 5.71. The molecule has 2 rings (SSSR count). The van der Waals surface area contributed by atoms with Gasteiger partial charge in [0.2, 0.25) is 0 Å². The highest BCUT2D eigenvalue weighted by Gasteiger charge is 2.34. The zero-order valence-corrected chi connectivity index (χ0v) is 14.9. The number of amides is 1. The average Bonchev–Trinajstić information content (AvgIpc) is 2.61. The van der Waals surface area contributed by atoms with Gasteiger partial charge in [0.05, 0.1) is 18.4 Å². The van der Waals surface area contributed by atoms with Crippen molar-refractivity contribution in [3.8, 4) is 11.5 Å². The molecular weight excluding hydrogens is 363 g/mol. The number of hydrogen-bond donors (Lipinski definition) is 1. The third-order valence-electron chi connectivity index (χ3n) is 3.73. The first-order valence-electron chi connectivity index (χ1n) is 7.96. The van der Waals surface area contributed by atoms with Crippen LogP contribution in [-0.2, 0) is 11.0 Å². The van der Waals surface area contributed by atoms with Crippen LogP contribution in [0.25, 0.3) is 0 Å². The lowest BCUT2D eigenvalue weighted by Crippen LogP contribution is -2.31. The van der Waals surface area contributed by atoms with E-state index in [2.05, 4.69) is 5.32 Å². The zero-order chi connectivity index (χ0) is 20.2. The quantitative estimate of drug-likeness (QED) is 0.757. The van der Waals surface area contributed by atoms with Crippen molar-refractivity contribution in [2.24, 2.45) is 0 Å². The fourth-order valence-corrected chi connectivity index (χ4v) is 2.30. The molecule has 27 heavy (non-hydrogen) atoms. The predicted octanol–water partition coefficient (Wildman–Crippen LogP) is 4.32. The number of ether oxygens (including phenoxy) is 2. The summed E-state index contributed by atoms with van der Waals surface area (Å²) in [5, 5.41) is 2.23. The fourth-order valence-electron chi connectivity index (χ4n) is 2.30. The summed E-state index contributed by atoms with van der Waals surface area (Å²) in [6, 6.07) is 9.09. The van der Waals surface area contributed by atoms with Crippen molar-refractivity contribution in [1.82, 2.24) is 0 Å². The highest BCUT2D eigenvalue weighted by molar-refractivity contribution is 5.95. The molecule has 0 spiro atoms. The molecule has 8 heteroatoms. The van der Waals surface area contributed by atoms with Gasteiger partial charge in [0, 0.05) is 5.56 Å². The predicted molar refractivity (Wildman–Crippen MR) is 93.2 cm³/mol. The van der Waals surface area contributed by atoms with Crippen LogP contribution in [0.15, 0.2) is 42.5 Å². The molecule has 0 aliphatic rings. The molecule has 5 nitrogen and oxygen atoms in total. The smallest absolute Gasteiger partial charge is 0.418 e. The van der Waals surface area contributed by atoms with Gasteiger partial charge in [-0.15, -0.1) is 0 Å². The Balaban J connectivity index is 2.17. The molecule has 1 N–H and O–H groups in total. The number of anilines is 1. The number of nitrogens with one attached hydrogen (secondary N) is 1. The number of ketones is 1. The lowest BCUT2D eigenvalue weighted by Gasteiger charge is -2.19. The molecule has 2 aromatic carbocycles. The van der Waals surface area contributed by atoms with Gasteiger partial charge in [-0.05, 0) is 44.2 Å². The molecule has 0 aromatic heterocycles. The SMILES string of the molecule is COc1cc(C(C)=O)ccc1OC(C)C(=O)Nc1ccccc1C(F)(F)F. The van der Waals surface area contributed by atoms with Crippen LogP contribution in [-0.4, -0.2) is 24.9 Å². The van der Waals surface area contributed by atoms with E-state index in [1.54, 1.807) is 0 Å². The van der Waals surface area contributed by atoms with E-state index in [-0.39, 0.29) is 23.0 Å². The molecule has 0 aliphatic heterocycles. The number of Topliss-reactive ketones (excluding diaryl/α,β-unsaturated/α-hetero) is 1. The standard InChI is InChI=1S/C19H18F3NO4/c1-11(24)13-8-9-16(17(10-13)26-3)27-12(2)18(25)23-15-7-5-4-6-14(15)19(20,21)22/h4-10,12H,1-3H3,(H,23,25). The third kappa shape index (κ3) is 4.99. The average molecular weight is 381 g/mol. The minimum Gasteiger partial charge on any atom is -0.493 e. The molecule has 1 atom stereocenters. The molecular formula is C19H18F3NO4. The summed E-state index contributed by atoms with van der Waals surface area (Å²) in [5.41, 5.74) is -0.909. The van der Waals surface area contributed by atoms with Gasteiger partial charge in [0.1, 0.15) is 0 Å². The maximum atomic E-state index is 13.0. The second-order valence-electron chi connectivity index (χ2n) is 5.71. The number of halogens is 3. The van der Waals surface area contributed by atoms with Gasteiger partial charge in [-0.3, -0.25) is 9.59 Å². The maximum Gasteiger partial charge on any atom is 0.418 e. The summed E-state index contributed by atoms with van der Waals surface area (Å²) < 4.78 is 49.7. The topological polar surface area (TPSA) is 64.6 Å². The van der Waals surface area contributed by atoms with E-state index in [1.807, 2.05) is 0 Å². The number of carbonyl (C=O) groups excluding carboxylic acids is 2. The summed E-state index contributed by atoms with van der Waals surface area (Å²) in [5.74, 6) is -0.508. The van der Waals surface area contributed by atoms with E-state index in [1.165, 1.54) is 51.3 Å². The van der Waals surface area contributed by atoms with Gasteiger partial charge >= 0.3 is 6.18 Å². The fraction of sp³-hybridized carbons (Fsp3) is 0.263. The number of carbonyl (C=O) groups is 2. The third-order valence-corrected chi connectivity index (χ3v) is 3.73. The monoisotopic (exact) mass is 381 g/mol. The van der Waals surface area contributed by atoms with Gasteiger partial charge in [-0.2, -0.15) is 13.2 Å². The van der Waals surface area contributed by atoms with Crippen molar-refractivity contribution in [1.29, 1.82) is 0 Å². The van der Waals surface area contributed by atoms with E-state index >= 15 is 0 Å². The van der Waals surface area contributed by atoms with Crippen LogP contribution in [0, 0.1) is 0 Å². The molecule has 0 saturated heterocycles. The Bertz CT molecular complexity index is 849. The zero-order valence-electron chi connectivity index (χ0n) is 14.9. The lowest BCUT2D eigenvalue weighted by atomic mass is 10.1. The molecule has 0 saturated carbocycles. The Kier molecular flexibility index (Phi) is 6.09. The molecule has 0 fully saturated rings. The number of rotatable bonds is 6. The van der Waals surface area contributed by atoms with Crippen molar-refractivity contribution < 1.29 is 32.2 Å². The molecule has 0 heterocycles. The van der Waals surface area contributed by atoms with E-state index < -0.39 is 23.8 Å². The number of hydrogen-bond acceptors (Lipinski definition) is 4. The second kappa shape index (κ2) is 8.11. The van der Waals surface area contributed by atoms with Crippen LogP contribution < -0.4 is 14.8 Å². The Morgan fingerprint density at radius 2 is 1.74 bits per heavy atom. The Morgan fingerprint density at radius 3 is 2.33 bits per heavy atom. The van der Waals surface area contributed by atoms with E-state index in [4.69, 9.17) is 9.47 Å². The minimum atomic E-state index is -4.60. The summed E-state index contributed by atoms with van der Waals surface area (Å²) >= 11 is 0. The van der Waals surface area contributed by atoms with Gasteiger partial charge in [0.25, 0.3) is 5.91 Å². The van der Waals surface area contributed by atoms with Crippen molar-refractivity contribution in [2.75, 3.05) is 12.4 Å². The van der Waals surface area contributed by atoms with Crippen molar-refractivity contribution in [3.05, 3.63) is 53.6 Å². The largest absolute Gasteiger partial charge is 0.493 e. The molecule has 2 aromatic rings. The first-order valence-corrected chi connectivity index (χ1v) is 7.96. The summed E-state index contributed by atoms with van der Waals surface area (Å²) in [6.07, 6.45) is -5.71. The highest BCUT2D eigenvalue weighted by atomic mass is 19.4. The van der Waals surface area contributed by atoms with Crippen LogP contribution in [0.4, 0.5) is 18.9 Å². The molecule has 0 bridgehead atoms. The normalized spacial score (nSPS) is 12.2. The first-order chi connectivity index (χ1) is 12.6. The highest BCUT2D eigenvalue weighted by Crippen LogP contribution is 2.35. The Hall–Kier alpha value is -3.03. The van der Waals surface area contributed by atoms with Gasteiger partial charge < -0.3 is 14.8 Å². The number of methoxy groups -OCH3 is 1. The minimum absolute atomic E-state index is 0.172. The first kappa shape index (κ1) is 20.3. The van der Waals surface area contributed by atoms with Crippen molar-refractivity contribution in [3.63, 3.8) is 0 Å². The Labute approximate surface area is 154 Å². The van der Waals surface area contributed by atoms with E-state index in [0.717, 1.165) is 12.1 Å². The van der Waals surface area contributed by atoms with Crippen molar-refractivity contribution >= 4 is 17.4 Å². The van der Waals surface area contributed by atoms with Crippen LogP contribution in [0.1, 0.15) is 29.8 Å². The van der Waals surface area contributed by atoms with E-state index in [0.29, 0.717) is 5.56 Å². The Morgan fingerprint density at radius 1 is 1.07 bits per heavy atom. The van der Waals surface area contributed by atoms with Crippen LogP contribution in [0.3, 0.4) is 0 Å². The van der Waals surface area contributed by atoms with E-state index in [9.17, 15) is 22.8 Å². The van der Waals surface area contributed by atoms with Gasteiger partial charge in [0.15, 0.2) is 23.4 Å².